The Labute approximate surface area is 388 Å². The van der Waals surface area contributed by atoms with Gasteiger partial charge >= 0.3 is 11.9 Å². The molecule has 0 saturated carbocycles. The van der Waals surface area contributed by atoms with Gasteiger partial charge in [-0.3, -0.25) is 9.59 Å². The van der Waals surface area contributed by atoms with Crippen LogP contribution in [-0.4, -0.2) is 142 Å². The Hall–Kier alpha value is -2.80. The van der Waals surface area contributed by atoms with Crippen LogP contribution in [0.15, 0.2) is 60.8 Å². The summed E-state index contributed by atoms with van der Waals surface area (Å²) in [7, 11) is 0. The van der Waals surface area contributed by atoms with E-state index in [1.54, 1.807) is 0 Å². The minimum atomic E-state index is -1.77. The summed E-state index contributed by atoms with van der Waals surface area (Å²) in [5, 5.41) is 71.9. The number of unbranched alkanes of at least 4 members (excludes halogenated alkanes) is 12. The number of carbonyl (C=O) groups is 2. The molecule has 11 atom stereocenters. The third kappa shape index (κ3) is 25.8. The van der Waals surface area contributed by atoms with Gasteiger partial charge in [-0.2, -0.15) is 0 Å². The van der Waals surface area contributed by atoms with Crippen LogP contribution in [0, 0.1) is 0 Å². The van der Waals surface area contributed by atoms with Crippen molar-refractivity contribution in [3.63, 3.8) is 0 Å². The Morgan fingerprint density at radius 1 is 0.508 bits per heavy atom. The zero-order chi connectivity index (χ0) is 47.5. The maximum atomic E-state index is 12.9. The van der Waals surface area contributed by atoms with Crippen LogP contribution in [0.5, 0.6) is 0 Å². The first kappa shape index (κ1) is 58.3. The first-order valence-electron chi connectivity index (χ1n) is 24.4. The Morgan fingerprint density at radius 3 is 1.52 bits per heavy atom. The van der Waals surface area contributed by atoms with E-state index < -0.39 is 99.3 Å². The molecule has 0 aromatic carbocycles. The Balaban J connectivity index is 1.82. The minimum Gasteiger partial charge on any atom is -0.462 e. The number of hydrogen-bond acceptors (Lipinski definition) is 15. The molecule has 0 amide bonds. The van der Waals surface area contributed by atoms with E-state index in [0.29, 0.717) is 12.8 Å². The van der Waals surface area contributed by atoms with Gasteiger partial charge < -0.3 is 64.2 Å². The van der Waals surface area contributed by atoms with Crippen molar-refractivity contribution in [3.05, 3.63) is 60.8 Å². The van der Waals surface area contributed by atoms with E-state index in [0.717, 1.165) is 70.6 Å². The molecule has 2 saturated heterocycles. The van der Waals surface area contributed by atoms with Crippen LogP contribution < -0.4 is 0 Å². The quantitative estimate of drug-likeness (QED) is 0.0214. The van der Waals surface area contributed by atoms with Gasteiger partial charge in [0.1, 0.15) is 55.4 Å². The summed E-state index contributed by atoms with van der Waals surface area (Å²) >= 11 is 0. The van der Waals surface area contributed by atoms with Crippen LogP contribution in [0.4, 0.5) is 0 Å². The van der Waals surface area contributed by atoms with Crippen LogP contribution in [-0.2, 0) is 38.0 Å². The summed E-state index contributed by atoms with van der Waals surface area (Å²) < 4.78 is 33.4. The maximum Gasteiger partial charge on any atom is 0.306 e. The summed E-state index contributed by atoms with van der Waals surface area (Å²) in [5.41, 5.74) is 0. The highest BCUT2D eigenvalue weighted by Crippen LogP contribution is 2.26. The molecule has 2 rings (SSSR count). The van der Waals surface area contributed by atoms with Gasteiger partial charge in [0.15, 0.2) is 18.7 Å². The van der Waals surface area contributed by atoms with Gasteiger partial charge in [0.25, 0.3) is 0 Å². The fourth-order valence-corrected chi connectivity index (χ4v) is 7.24. The van der Waals surface area contributed by atoms with Crippen LogP contribution in [0.25, 0.3) is 0 Å². The molecule has 65 heavy (non-hydrogen) atoms. The predicted octanol–water partition coefficient (Wildman–Crippen LogP) is 6.10. The number of ether oxygens (including phenoxy) is 6. The molecule has 374 valence electrons. The molecule has 2 aliphatic heterocycles. The van der Waals surface area contributed by atoms with E-state index >= 15 is 0 Å². The largest absolute Gasteiger partial charge is 0.462 e. The smallest absolute Gasteiger partial charge is 0.306 e. The summed E-state index contributed by atoms with van der Waals surface area (Å²) in [4.78, 5) is 25.6. The van der Waals surface area contributed by atoms with Gasteiger partial charge in [-0.15, -0.1) is 0 Å². The third-order valence-corrected chi connectivity index (χ3v) is 11.3. The molecule has 0 aromatic rings. The lowest BCUT2D eigenvalue weighted by Crippen LogP contribution is -2.61. The van der Waals surface area contributed by atoms with Crippen LogP contribution >= 0.6 is 0 Å². The zero-order valence-corrected chi connectivity index (χ0v) is 39.2. The van der Waals surface area contributed by atoms with Crippen LogP contribution in [0.2, 0.25) is 0 Å². The second kappa shape index (κ2) is 37.2. The monoisotopic (exact) mass is 925 g/mol. The van der Waals surface area contributed by atoms with Crippen molar-refractivity contribution in [2.24, 2.45) is 0 Å². The number of rotatable bonds is 36. The molecule has 7 N–H and O–H groups in total. The van der Waals surface area contributed by atoms with Gasteiger partial charge in [-0.05, 0) is 57.8 Å². The second-order valence-corrected chi connectivity index (χ2v) is 16.9. The zero-order valence-electron chi connectivity index (χ0n) is 39.2. The van der Waals surface area contributed by atoms with Crippen molar-refractivity contribution in [1.82, 2.24) is 0 Å². The molecule has 2 aliphatic rings. The fourth-order valence-electron chi connectivity index (χ4n) is 7.24. The summed E-state index contributed by atoms with van der Waals surface area (Å²) in [5.74, 6) is -0.968. The molecule has 0 radical (unpaired) electrons. The van der Waals surface area contributed by atoms with E-state index in [1.165, 1.54) is 38.5 Å². The van der Waals surface area contributed by atoms with Crippen molar-refractivity contribution in [2.75, 3.05) is 26.4 Å². The first-order valence-corrected chi connectivity index (χ1v) is 24.4. The lowest BCUT2D eigenvalue weighted by molar-refractivity contribution is -0.332. The number of carbonyl (C=O) groups excluding carboxylic acids is 2. The molecule has 15 heteroatoms. The average Bonchev–Trinajstić information content (AvgIpc) is 3.30. The highest BCUT2D eigenvalue weighted by molar-refractivity contribution is 5.70. The van der Waals surface area contributed by atoms with E-state index in [2.05, 4.69) is 74.6 Å². The van der Waals surface area contributed by atoms with Crippen LogP contribution in [0.1, 0.15) is 149 Å². The Morgan fingerprint density at radius 2 is 0.969 bits per heavy atom. The predicted molar refractivity (Wildman–Crippen MR) is 247 cm³/mol. The fraction of sp³-hybridized carbons (Fsp3) is 0.760. The average molecular weight is 925 g/mol. The molecule has 0 spiro atoms. The molecule has 0 aliphatic carbocycles. The van der Waals surface area contributed by atoms with Crippen molar-refractivity contribution in [2.45, 2.75) is 216 Å². The number of aliphatic hydroxyl groups excluding tert-OH is 7. The Bertz CT molecular complexity index is 1370. The molecule has 4 unspecified atom stereocenters. The number of hydrogen-bond donors (Lipinski definition) is 7. The summed E-state index contributed by atoms with van der Waals surface area (Å²) in [6, 6.07) is 0. The van der Waals surface area contributed by atoms with Gasteiger partial charge in [0.05, 0.1) is 19.8 Å². The maximum absolute atomic E-state index is 12.9. The van der Waals surface area contributed by atoms with Gasteiger partial charge in [0, 0.05) is 12.8 Å². The lowest BCUT2D eigenvalue weighted by Gasteiger charge is -2.42. The molecular formula is C50H84O15. The van der Waals surface area contributed by atoms with E-state index in [9.17, 15) is 45.3 Å². The molecule has 2 fully saturated rings. The molecule has 2 heterocycles. The number of aliphatic hydroxyl groups is 7. The minimum absolute atomic E-state index is 0.156. The van der Waals surface area contributed by atoms with E-state index in [4.69, 9.17) is 28.4 Å². The van der Waals surface area contributed by atoms with Gasteiger partial charge in [0.2, 0.25) is 0 Å². The number of allylic oxidation sites excluding steroid dienone is 10. The van der Waals surface area contributed by atoms with Crippen molar-refractivity contribution >= 4 is 11.9 Å². The van der Waals surface area contributed by atoms with Crippen LogP contribution in [0.3, 0.4) is 0 Å². The second-order valence-electron chi connectivity index (χ2n) is 16.9. The van der Waals surface area contributed by atoms with Gasteiger partial charge in [-0.1, -0.05) is 139 Å². The highest BCUT2D eigenvalue weighted by Gasteiger charge is 2.47. The topological polar surface area (TPSA) is 231 Å². The third-order valence-electron chi connectivity index (χ3n) is 11.3. The normalized spacial score (nSPS) is 26.9. The highest BCUT2D eigenvalue weighted by atomic mass is 16.7. The Kier molecular flexibility index (Phi) is 33.4. The molecule has 0 aromatic heterocycles. The molecule has 0 bridgehead atoms. The summed E-state index contributed by atoms with van der Waals surface area (Å²) in [6.45, 7) is 2.40. The molecule has 15 nitrogen and oxygen atoms in total. The van der Waals surface area contributed by atoms with Crippen molar-refractivity contribution in [3.8, 4) is 0 Å². The SMILES string of the molecule is CC/C=C/C/C=C/C/C=C/C/C=C/C/C=C/CCCCCC(=O)OC[C@H](CO[C@H]1O[C@@H](CO[C@H]2O[C@@H](CO)[C@@H](O)C(O)C2O)[C@@H](O)C(O)C1O)OC(=O)CCCCCCCCCCCC. The van der Waals surface area contributed by atoms with E-state index in [1.807, 2.05) is 0 Å². The lowest BCUT2D eigenvalue weighted by atomic mass is 9.98. The number of esters is 2. The van der Waals surface area contributed by atoms with E-state index in [-0.39, 0.29) is 19.4 Å². The van der Waals surface area contributed by atoms with Gasteiger partial charge in [-0.25, -0.2) is 0 Å². The summed E-state index contributed by atoms with van der Waals surface area (Å²) in [6.07, 6.45) is 24.1. The van der Waals surface area contributed by atoms with Crippen molar-refractivity contribution < 1.29 is 73.8 Å². The molecular weight excluding hydrogens is 841 g/mol. The van der Waals surface area contributed by atoms with Crippen molar-refractivity contribution in [1.29, 1.82) is 0 Å². The standard InChI is InChI=1S/C50H84O15/c1-3-5-7-9-11-13-15-16-17-18-19-20-21-22-23-25-26-28-30-32-41(52)60-35-38(63-42(53)33-31-29-27-24-14-12-10-8-6-4-2)36-61-49-48(59)46(57)44(55)40(65-49)37-62-50-47(58)45(56)43(54)39(34-51)64-50/h5,7,11,13,16-17,19-20,22-23,38-40,43-51,54-59H,3-4,6,8-10,12,14-15,18,21,24-37H2,1-2H3/b7-5+,13-11+,17-16+,20-19+,23-22+/t38-,39+,40+,43-,44-,45?,46?,47?,48?,49+,50+/m1/s1. The first-order chi connectivity index (χ1) is 31.5.